The average Bonchev–Trinajstić information content (AvgIpc) is 2.56. The molecular weight excluding hydrogens is 292 g/mol. The Morgan fingerprint density at radius 2 is 2.22 bits per heavy atom. The van der Waals surface area contributed by atoms with Crippen LogP contribution in [-0.4, -0.2) is 49.6 Å². The first-order valence-corrected chi connectivity index (χ1v) is 8.02. The number of aryl methyl sites for hydroxylation is 1. The van der Waals surface area contributed by atoms with Gasteiger partial charge in [-0.1, -0.05) is 6.58 Å². The average molecular weight is 314 g/mol. The van der Waals surface area contributed by atoms with E-state index in [1.165, 1.54) is 6.08 Å². The van der Waals surface area contributed by atoms with E-state index in [4.69, 9.17) is 4.74 Å². The van der Waals surface area contributed by atoms with Crippen LogP contribution in [0.5, 0.6) is 0 Å². The van der Waals surface area contributed by atoms with Crippen LogP contribution in [0.1, 0.15) is 28.8 Å². The molecule has 1 fully saturated rings. The van der Waals surface area contributed by atoms with Crippen LogP contribution in [0.4, 0.5) is 5.69 Å². The molecular formula is C18H22N2O3. The van der Waals surface area contributed by atoms with Gasteiger partial charge in [0.2, 0.25) is 5.91 Å². The first-order valence-electron chi connectivity index (χ1n) is 8.02. The zero-order valence-corrected chi connectivity index (χ0v) is 13.5. The lowest BCUT2D eigenvalue weighted by Crippen LogP contribution is -2.53. The van der Waals surface area contributed by atoms with E-state index in [0.717, 1.165) is 37.1 Å². The lowest BCUT2D eigenvalue weighted by molar-refractivity contribution is -0.114. The molecule has 0 bridgehead atoms. The van der Waals surface area contributed by atoms with Crippen molar-refractivity contribution >= 4 is 17.5 Å². The van der Waals surface area contributed by atoms with Gasteiger partial charge in [-0.15, -0.1) is 0 Å². The number of benzene rings is 1. The minimum Gasteiger partial charge on any atom is -0.383 e. The van der Waals surface area contributed by atoms with Crippen molar-refractivity contribution in [1.29, 1.82) is 0 Å². The Hall–Kier alpha value is -2.14. The second kappa shape index (κ2) is 6.54. The maximum absolute atomic E-state index is 12.6. The highest BCUT2D eigenvalue weighted by atomic mass is 16.5. The lowest BCUT2D eigenvalue weighted by Gasteiger charge is -2.40. The SMILES string of the molecule is C=CC(=O)N1CCCc2cc(C(=O)N3CCC3COC)ccc21. The van der Waals surface area contributed by atoms with Gasteiger partial charge in [0.25, 0.3) is 5.91 Å². The molecule has 1 aromatic rings. The van der Waals surface area contributed by atoms with E-state index in [1.807, 2.05) is 23.1 Å². The third kappa shape index (κ3) is 2.88. The Morgan fingerprint density at radius 3 is 2.87 bits per heavy atom. The molecule has 1 atom stereocenters. The summed E-state index contributed by atoms with van der Waals surface area (Å²) in [6.07, 6.45) is 4.12. The highest BCUT2D eigenvalue weighted by Gasteiger charge is 2.33. The highest BCUT2D eigenvalue weighted by molar-refractivity contribution is 6.02. The van der Waals surface area contributed by atoms with Gasteiger partial charge < -0.3 is 14.5 Å². The van der Waals surface area contributed by atoms with Gasteiger partial charge in [-0.05, 0) is 49.1 Å². The maximum atomic E-state index is 12.6. The minimum atomic E-state index is -0.0899. The van der Waals surface area contributed by atoms with Gasteiger partial charge in [0.15, 0.2) is 0 Å². The number of likely N-dealkylation sites (tertiary alicyclic amines) is 1. The molecule has 0 saturated carbocycles. The van der Waals surface area contributed by atoms with Crippen LogP contribution < -0.4 is 4.90 Å². The van der Waals surface area contributed by atoms with E-state index < -0.39 is 0 Å². The first kappa shape index (κ1) is 15.7. The number of nitrogens with zero attached hydrogens (tertiary/aromatic N) is 2. The number of rotatable bonds is 4. The molecule has 2 aliphatic heterocycles. The van der Waals surface area contributed by atoms with Crippen molar-refractivity contribution in [2.45, 2.75) is 25.3 Å². The smallest absolute Gasteiger partial charge is 0.254 e. The van der Waals surface area contributed by atoms with E-state index >= 15 is 0 Å². The molecule has 1 unspecified atom stereocenters. The predicted octanol–water partition coefficient (Wildman–Crippen LogP) is 2.01. The lowest BCUT2D eigenvalue weighted by atomic mass is 9.96. The molecule has 0 radical (unpaired) electrons. The van der Waals surface area contributed by atoms with Gasteiger partial charge in [0.1, 0.15) is 0 Å². The van der Waals surface area contributed by atoms with E-state index in [9.17, 15) is 9.59 Å². The summed E-state index contributed by atoms with van der Waals surface area (Å²) in [4.78, 5) is 28.2. The normalized spacial score (nSPS) is 19.8. The summed E-state index contributed by atoms with van der Waals surface area (Å²) in [5.74, 6) is -0.0406. The molecule has 2 heterocycles. The fourth-order valence-corrected chi connectivity index (χ4v) is 3.31. The highest BCUT2D eigenvalue weighted by Crippen LogP contribution is 2.30. The van der Waals surface area contributed by atoms with Gasteiger partial charge in [0.05, 0.1) is 12.6 Å². The molecule has 2 amide bonds. The quantitative estimate of drug-likeness (QED) is 0.799. The van der Waals surface area contributed by atoms with Crippen molar-refractivity contribution in [3.63, 3.8) is 0 Å². The van der Waals surface area contributed by atoms with Crippen molar-refractivity contribution < 1.29 is 14.3 Å². The van der Waals surface area contributed by atoms with Gasteiger partial charge in [-0.25, -0.2) is 0 Å². The van der Waals surface area contributed by atoms with Crippen LogP contribution in [0.2, 0.25) is 0 Å². The maximum Gasteiger partial charge on any atom is 0.254 e. The molecule has 5 heteroatoms. The summed E-state index contributed by atoms with van der Waals surface area (Å²) in [6.45, 7) is 5.62. The van der Waals surface area contributed by atoms with Crippen molar-refractivity contribution in [2.24, 2.45) is 0 Å². The molecule has 23 heavy (non-hydrogen) atoms. The van der Waals surface area contributed by atoms with Crippen molar-refractivity contribution in [1.82, 2.24) is 4.90 Å². The number of amides is 2. The summed E-state index contributed by atoms with van der Waals surface area (Å²) in [5.41, 5.74) is 2.65. The number of carbonyl (C=O) groups is 2. The third-order valence-electron chi connectivity index (χ3n) is 4.65. The molecule has 1 saturated heterocycles. The number of anilines is 1. The number of hydrogen-bond acceptors (Lipinski definition) is 3. The fourth-order valence-electron chi connectivity index (χ4n) is 3.31. The van der Waals surface area contributed by atoms with Crippen molar-refractivity contribution in [2.75, 3.05) is 31.7 Å². The fraction of sp³-hybridized carbons (Fsp3) is 0.444. The Kier molecular flexibility index (Phi) is 4.48. The van der Waals surface area contributed by atoms with Gasteiger partial charge in [-0.3, -0.25) is 9.59 Å². The van der Waals surface area contributed by atoms with Crippen LogP contribution in [0, 0.1) is 0 Å². The van der Waals surface area contributed by atoms with E-state index in [-0.39, 0.29) is 17.9 Å². The van der Waals surface area contributed by atoms with Crippen LogP contribution in [0.3, 0.4) is 0 Å². The zero-order valence-electron chi connectivity index (χ0n) is 13.5. The molecule has 2 aliphatic rings. The Balaban J connectivity index is 1.82. The number of methoxy groups -OCH3 is 1. The molecule has 0 spiro atoms. The number of carbonyl (C=O) groups excluding carboxylic acids is 2. The number of hydrogen-bond donors (Lipinski definition) is 0. The monoisotopic (exact) mass is 314 g/mol. The van der Waals surface area contributed by atoms with Gasteiger partial charge >= 0.3 is 0 Å². The van der Waals surface area contributed by atoms with Crippen LogP contribution in [0.15, 0.2) is 30.9 Å². The molecule has 0 N–H and O–H groups in total. The Morgan fingerprint density at radius 1 is 1.39 bits per heavy atom. The van der Waals surface area contributed by atoms with E-state index in [2.05, 4.69) is 6.58 Å². The van der Waals surface area contributed by atoms with E-state index in [1.54, 1.807) is 12.0 Å². The summed E-state index contributed by atoms with van der Waals surface area (Å²) >= 11 is 0. The Bertz CT molecular complexity index is 641. The predicted molar refractivity (Wildman–Crippen MR) is 88.6 cm³/mol. The van der Waals surface area contributed by atoms with Gasteiger partial charge in [-0.2, -0.15) is 0 Å². The van der Waals surface area contributed by atoms with Crippen LogP contribution >= 0.6 is 0 Å². The van der Waals surface area contributed by atoms with Crippen molar-refractivity contribution in [3.8, 4) is 0 Å². The molecule has 0 aromatic heterocycles. The van der Waals surface area contributed by atoms with Crippen molar-refractivity contribution in [3.05, 3.63) is 42.0 Å². The first-order chi connectivity index (χ1) is 11.2. The summed E-state index contributed by atoms with van der Waals surface area (Å²) in [5, 5.41) is 0. The summed E-state index contributed by atoms with van der Waals surface area (Å²) < 4.78 is 5.16. The largest absolute Gasteiger partial charge is 0.383 e. The van der Waals surface area contributed by atoms with E-state index in [0.29, 0.717) is 18.7 Å². The molecule has 3 rings (SSSR count). The number of fused-ring (bicyclic) bond motifs is 1. The summed E-state index contributed by atoms with van der Waals surface area (Å²) in [6, 6.07) is 5.82. The second-order valence-electron chi connectivity index (χ2n) is 6.04. The van der Waals surface area contributed by atoms with Gasteiger partial charge in [0, 0.05) is 31.5 Å². The second-order valence-corrected chi connectivity index (χ2v) is 6.04. The van der Waals surface area contributed by atoms with Crippen LogP contribution in [-0.2, 0) is 16.0 Å². The van der Waals surface area contributed by atoms with Crippen LogP contribution in [0.25, 0.3) is 0 Å². The third-order valence-corrected chi connectivity index (χ3v) is 4.65. The molecule has 0 aliphatic carbocycles. The molecule has 122 valence electrons. The molecule has 1 aromatic carbocycles. The molecule has 5 nitrogen and oxygen atoms in total. The number of ether oxygens (including phenoxy) is 1. The Labute approximate surface area is 136 Å². The standard InChI is InChI=1S/C18H22N2O3/c1-3-17(21)20-9-4-5-13-11-14(6-7-16(13)20)18(22)19-10-8-15(19)12-23-2/h3,6-7,11,15H,1,4-5,8-10,12H2,2H3. The topological polar surface area (TPSA) is 49.9 Å². The summed E-state index contributed by atoms with van der Waals surface area (Å²) in [7, 11) is 1.66. The zero-order chi connectivity index (χ0) is 16.4. The minimum absolute atomic E-state index is 0.0493.